The molecule has 3 aliphatic heterocycles. The van der Waals surface area contributed by atoms with Gasteiger partial charge in [-0.05, 0) is 70.0 Å². The van der Waals surface area contributed by atoms with Crippen molar-refractivity contribution in [3.05, 3.63) is 58.4 Å². The van der Waals surface area contributed by atoms with Gasteiger partial charge in [-0.2, -0.15) is 23.1 Å². The lowest BCUT2D eigenvalue weighted by Gasteiger charge is -2.27. The molecule has 3 aliphatic rings. The fourth-order valence-electron chi connectivity index (χ4n) is 6.32. The molecular formula is C29H32F5N5O. The molecule has 40 heavy (non-hydrogen) atoms. The van der Waals surface area contributed by atoms with E-state index in [9.17, 15) is 13.2 Å². The highest BCUT2D eigenvalue weighted by Gasteiger charge is 2.38. The van der Waals surface area contributed by atoms with Gasteiger partial charge in [0.15, 0.2) is 5.82 Å². The molecule has 1 N–H and O–H groups in total. The molecule has 214 valence electrons. The monoisotopic (exact) mass is 561 g/mol. The Bertz CT molecular complexity index is 1530. The Morgan fingerprint density at radius 3 is 2.65 bits per heavy atom. The van der Waals surface area contributed by atoms with Crippen molar-refractivity contribution >= 4 is 16.7 Å². The van der Waals surface area contributed by atoms with E-state index in [0.717, 1.165) is 61.8 Å². The van der Waals surface area contributed by atoms with Gasteiger partial charge in [0, 0.05) is 43.3 Å². The van der Waals surface area contributed by atoms with Crippen LogP contribution in [0.1, 0.15) is 45.2 Å². The third-order valence-corrected chi connectivity index (χ3v) is 8.38. The first kappa shape index (κ1) is 26.7. The fraction of sp³-hybridized carbons (Fsp3) is 0.448. The zero-order valence-electron chi connectivity index (χ0n) is 22.5. The van der Waals surface area contributed by atoms with Gasteiger partial charge in [0.1, 0.15) is 17.2 Å². The van der Waals surface area contributed by atoms with E-state index in [4.69, 9.17) is 4.74 Å². The van der Waals surface area contributed by atoms with Crippen LogP contribution in [-0.4, -0.2) is 53.7 Å². The van der Waals surface area contributed by atoms with Crippen molar-refractivity contribution in [1.29, 1.82) is 0 Å². The lowest BCUT2D eigenvalue weighted by Crippen LogP contribution is -2.35. The zero-order valence-corrected chi connectivity index (χ0v) is 22.5. The van der Waals surface area contributed by atoms with Crippen molar-refractivity contribution in [2.75, 3.05) is 31.6 Å². The average molecular weight is 562 g/mol. The predicted octanol–water partition coefficient (Wildman–Crippen LogP) is 6.42. The Labute approximate surface area is 230 Å². The van der Waals surface area contributed by atoms with E-state index < -0.39 is 28.9 Å². The summed E-state index contributed by atoms with van der Waals surface area (Å²) in [7, 11) is 2.07. The minimum Gasteiger partial charge on any atom is -0.463 e. The van der Waals surface area contributed by atoms with Crippen molar-refractivity contribution < 1.29 is 28.1 Å². The van der Waals surface area contributed by atoms with E-state index in [2.05, 4.69) is 27.2 Å². The van der Waals surface area contributed by atoms with E-state index in [1.54, 1.807) is 0 Å². The van der Waals surface area contributed by atoms with Gasteiger partial charge < -0.3 is 19.9 Å². The molecule has 2 fully saturated rings. The van der Waals surface area contributed by atoms with Crippen LogP contribution in [0, 0.1) is 18.6 Å². The number of aromatic nitrogens is 2. The number of nitrogens with zero attached hydrogens (tertiary/aromatic N) is 4. The lowest BCUT2D eigenvalue weighted by molar-refractivity contribution is -0.138. The number of halogens is 5. The summed E-state index contributed by atoms with van der Waals surface area (Å²) in [5.74, 6) is -1.71. The van der Waals surface area contributed by atoms with E-state index in [1.807, 2.05) is 11.8 Å². The number of rotatable bonds is 6. The molecule has 4 heterocycles. The highest BCUT2D eigenvalue weighted by molar-refractivity contribution is 5.95. The van der Waals surface area contributed by atoms with Gasteiger partial charge in [-0.3, -0.25) is 0 Å². The first-order chi connectivity index (χ1) is 19.0. The first-order valence-electron chi connectivity index (χ1n) is 13.5. The van der Waals surface area contributed by atoms with Crippen LogP contribution < -0.4 is 15.0 Å². The molecule has 3 aromatic rings. The third kappa shape index (κ3) is 4.53. The summed E-state index contributed by atoms with van der Waals surface area (Å²) < 4.78 is 78.6. The number of benzene rings is 2. The molecule has 6 rings (SSSR count). The molecular weight excluding hydrogens is 529 g/mol. The second-order valence-corrected chi connectivity index (χ2v) is 10.9. The molecule has 0 spiro atoms. The van der Waals surface area contributed by atoms with Crippen LogP contribution in [0.2, 0.25) is 0 Å². The summed E-state index contributed by atoms with van der Waals surface area (Å²) in [5, 5.41) is 3.52. The molecule has 2 atom stereocenters. The second kappa shape index (κ2) is 9.87. The van der Waals surface area contributed by atoms with Crippen LogP contribution in [0.4, 0.5) is 27.8 Å². The number of anilines is 1. The van der Waals surface area contributed by atoms with Crippen molar-refractivity contribution in [1.82, 2.24) is 20.2 Å². The molecule has 2 aromatic carbocycles. The molecule has 6 nitrogen and oxygen atoms in total. The predicted molar refractivity (Wildman–Crippen MR) is 144 cm³/mol. The Balaban J connectivity index is 0.00000337. The first-order valence-corrected chi connectivity index (χ1v) is 13.5. The molecule has 1 aromatic heterocycles. The van der Waals surface area contributed by atoms with E-state index in [0.29, 0.717) is 25.0 Å². The standard InChI is InChI=1S/C29H30F5N5O.H2/c1-15-19(7-4-8-21(15)29(32,33)34)24-22(30)13-20-26(25(24)31)36-28(40-11-9-18-6-5-10-38(18)3)37-27(20)39-14-17-12-23(39)16(2)35-17;/h4,7-8,13,17-18,35H,5-6,9-12,14H2,1-3H3;1H/t17?,18-;/m0./s1. The summed E-state index contributed by atoms with van der Waals surface area (Å²) in [6.45, 7) is 5.05. The van der Waals surface area contributed by atoms with E-state index >= 15 is 8.78 Å². The maximum Gasteiger partial charge on any atom is 0.416 e. The van der Waals surface area contributed by atoms with Crippen LogP contribution >= 0.6 is 0 Å². The Morgan fingerprint density at radius 2 is 1.98 bits per heavy atom. The van der Waals surface area contributed by atoms with Crippen LogP contribution in [0.3, 0.4) is 0 Å². The summed E-state index contributed by atoms with van der Waals surface area (Å²) in [6.07, 6.45) is -0.984. The van der Waals surface area contributed by atoms with Crippen LogP contribution in [0.25, 0.3) is 22.0 Å². The summed E-state index contributed by atoms with van der Waals surface area (Å²) in [5.41, 5.74) is -0.200. The minimum atomic E-state index is -4.66. The molecule has 0 saturated carbocycles. The number of ether oxygens (including phenoxy) is 1. The molecule has 11 heteroatoms. The maximum absolute atomic E-state index is 16.2. The quantitative estimate of drug-likeness (QED) is 0.351. The summed E-state index contributed by atoms with van der Waals surface area (Å²) >= 11 is 0. The van der Waals surface area contributed by atoms with E-state index in [1.165, 1.54) is 13.0 Å². The van der Waals surface area contributed by atoms with Crippen molar-refractivity contribution in [2.45, 2.75) is 57.8 Å². The van der Waals surface area contributed by atoms with Gasteiger partial charge in [-0.25, -0.2) is 8.78 Å². The fourth-order valence-corrected chi connectivity index (χ4v) is 6.32. The van der Waals surface area contributed by atoms with Gasteiger partial charge in [0.25, 0.3) is 0 Å². The number of likely N-dealkylation sites (tertiary alicyclic amines) is 1. The molecule has 1 unspecified atom stereocenters. The molecule has 0 radical (unpaired) electrons. The highest BCUT2D eigenvalue weighted by Crippen LogP contribution is 2.42. The number of nitrogens with one attached hydrogen (secondary N) is 1. The zero-order chi connectivity index (χ0) is 28.3. The number of fused-ring (bicyclic) bond motifs is 3. The Hall–Kier alpha value is -3.47. The normalized spacial score (nSPS) is 21.1. The van der Waals surface area contributed by atoms with Crippen LogP contribution in [0.15, 0.2) is 35.7 Å². The van der Waals surface area contributed by atoms with Crippen LogP contribution in [0.5, 0.6) is 6.01 Å². The van der Waals surface area contributed by atoms with Crippen molar-refractivity contribution in [3.63, 3.8) is 0 Å². The van der Waals surface area contributed by atoms with Gasteiger partial charge in [-0.1, -0.05) is 12.1 Å². The van der Waals surface area contributed by atoms with Crippen molar-refractivity contribution in [3.8, 4) is 17.1 Å². The molecule has 2 bridgehead atoms. The van der Waals surface area contributed by atoms with Gasteiger partial charge in [0.05, 0.1) is 17.7 Å². The number of hydrogen-bond donors (Lipinski definition) is 1. The smallest absolute Gasteiger partial charge is 0.416 e. The topological polar surface area (TPSA) is 53.5 Å². The van der Waals surface area contributed by atoms with Crippen LogP contribution in [-0.2, 0) is 6.18 Å². The Kier molecular flexibility index (Phi) is 6.59. The number of hydrogen-bond acceptors (Lipinski definition) is 6. The van der Waals surface area contributed by atoms with E-state index in [-0.39, 0.29) is 35.5 Å². The molecule has 0 aliphatic carbocycles. The summed E-state index contributed by atoms with van der Waals surface area (Å²) in [6, 6.07) is 4.94. The largest absolute Gasteiger partial charge is 0.463 e. The third-order valence-electron chi connectivity index (χ3n) is 8.38. The highest BCUT2D eigenvalue weighted by atomic mass is 19.4. The minimum absolute atomic E-state index is 0. The summed E-state index contributed by atoms with van der Waals surface area (Å²) in [4.78, 5) is 13.1. The van der Waals surface area contributed by atoms with Crippen molar-refractivity contribution in [2.24, 2.45) is 0 Å². The number of alkyl halides is 3. The molecule has 0 amide bonds. The van der Waals surface area contributed by atoms with Gasteiger partial charge >= 0.3 is 12.2 Å². The van der Waals surface area contributed by atoms with Gasteiger partial charge in [-0.15, -0.1) is 0 Å². The van der Waals surface area contributed by atoms with Gasteiger partial charge in [0.2, 0.25) is 0 Å². The lowest BCUT2D eigenvalue weighted by atomic mass is 9.94. The Morgan fingerprint density at radius 1 is 1.18 bits per heavy atom. The number of allylic oxidation sites excluding steroid dienone is 1. The second-order valence-electron chi connectivity index (χ2n) is 10.9. The SMILES string of the molecule is CC1=C2CC(CN2c2nc(OCC[C@@H]3CCCN3C)nc3c(F)c(-c4cccc(C(F)(F)F)c4C)c(F)cc23)N1.[HH]. The maximum atomic E-state index is 16.2. The average Bonchev–Trinajstić information content (AvgIpc) is 3.60. The molecule has 2 saturated heterocycles.